The summed E-state index contributed by atoms with van der Waals surface area (Å²) in [6.45, 7) is 1.67. The van der Waals surface area contributed by atoms with Gasteiger partial charge in [0.05, 0.1) is 12.8 Å². The van der Waals surface area contributed by atoms with E-state index in [-0.39, 0.29) is 11.4 Å². The van der Waals surface area contributed by atoms with Gasteiger partial charge in [0.15, 0.2) is 5.82 Å². The molecular formula is C12H10Br2N4O2. The molecule has 0 atom stereocenters. The van der Waals surface area contributed by atoms with Gasteiger partial charge in [-0.25, -0.2) is 14.8 Å². The van der Waals surface area contributed by atoms with Crippen molar-refractivity contribution in [2.45, 2.75) is 6.92 Å². The van der Waals surface area contributed by atoms with Gasteiger partial charge in [-0.1, -0.05) is 0 Å². The molecule has 0 amide bonds. The zero-order chi connectivity index (χ0) is 14.9. The molecule has 0 aromatic carbocycles. The summed E-state index contributed by atoms with van der Waals surface area (Å²) < 4.78 is 6.20. The molecule has 2 heterocycles. The van der Waals surface area contributed by atoms with Gasteiger partial charge >= 0.3 is 5.97 Å². The van der Waals surface area contributed by atoms with Crippen LogP contribution >= 0.6 is 31.9 Å². The summed E-state index contributed by atoms with van der Waals surface area (Å²) in [6, 6.07) is 1.82. The number of anilines is 1. The van der Waals surface area contributed by atoms with E-state index in [1.54, 1.807) is 13.1 Å². The minimum Gasteiger partial charge on any atom is -0.465 e. The third kappa shape index (κ3) is 2.80. The number of aryl methyl sites for hydroxylation is 1. The Morgan fingerprint density at radius 1 is 1.35 bits per heavy atom. The molecule has 2 rings (SSSR count). The molecule has 0 bridgehead atoms. The quantitative estimate of drug-likeness (QED) is 0.778. The molecule has 20 heavy (non-hydrogen) atoms. The fourth-order valence-corrected chi connectivity index (χ4v) is 2.80. The van der Waals surface area contributed by atoms with E-state index in [0.29, 0.717) is 17.2 Å². The van der Waals surface area contributed by atoms with Crippen molar-refractivity contribution in [3.63, 3.8) is 0 Å². The molecule has 8 heteroatoms. The van der Waals surface area contributed by atoms with Gasteiger partial charge in [-0.15, -0.1) is 0 Å². The second-order valence-corrected chi connectivity index (χ2v) is 5.64. The maximum atomic E-state index is 11.6. The zero-order valence-electron chi connectivity index (χ0n) is 10.6. The van der Waals surface area contributed by atoms with Crippen molar-refractivity contribution in [3.8, 4) is 11.5 Å². The highest BCUT2D eigenvalue weighted by Gasteiger charge is 2.19. The Kier molecular flexibility index (Phi) is 4.34. The molecule has 0 fully saturated rings. The smallest absolute Gasteiger partial charge is 0.343 e. The topological polar surface area (TPSA) is 91.0 Å². The van der Waals surface area contributed by atoms with Gasteiger partial charge in [0.25, 0.3) is 0 Å². The van der Waals surface area contributed by atoms with Crippen molar-refractivity contribution < 1.29 is 9.53 Å². The summed E-state index contributed by atoms with van der Waals surface area (Å²) in [5.41, 5.74) is 6.96. The fraction of sp³-hybridized carbons (Fsp3) is 0.167. The lowest BCUT2D eigenvalue weighted by atomic mass is 10.2. The van der Waals surface area contributed by atoms with Crippen molar-refractivity contribution in [2.24, 2.45) is 0 Å². The predicted octanol–water partition coefficient (Wildman–Crippen LogP) is 2.74. The van der Waals surface area contributed by atoms with Crippen molar-refractivity contribution in [3.05, 3.63) is 32.5 Å². The van der Waals surface area contributed by atoms with Gasteiger partial charge in [-0.2, -0.15) is 0 Å². The first-order chi connectivity index (χ1) is 9.43. The Bertz CT molecular complexity index is 668. The molecule has 2 aromatic rings. The number of halogens is 2. The lowest BCUT2D eigenvalue weighted by Crippen LogP contribution is -2.12. The molecule has 2 N–H and O–H groups in total. The molecule has 0 spiro atoms. The first-order valence-electron chi connectivity index (χ1n) is 5.48. The number of nitrogens with two attached hydrogens (primary N) is 1. The highest BCUT2D eigenvalue weighted by atomic mass is 79.9. The van der Waals surface area contributed by atoms with Crippen LogP contribution in [0.15, 0.2) is 21.2 Å². The molecule has 0 aliphatic heterocycles. The predicted molar refractivity (Wildman–Crippen MR) is 81.2 cm³/mol. The number of rotatable bonds is 2. The van der Waals surface area contributed by atoms with E-state index in [4.69, 9.17) is 5.73 Å². The number of methoxy groups -OCH3 is 1. The first kappa shape index (κ1) is 14.9. The minimum atomic E-state index is -0.561. The SMILES string of the molecule is COC(=O)c1c(C)nc(-c2ncc(Br)cc2Br)nc1N. The van der Waals surface area contributed by atoms with Crippen LogP contribution in [0.1, 0.15) is 16.1 Å². The fourth-order valence-electron chi connectivity index (χ4n) is 1.63. The van der Waals surface area contributed by atoms with Crippen molar-refractivity contribution in [1.82, 2.24) is 15.0 Å². The number of pyridine rings is 1. The normalized spacial score (nSPS) is 10.4. The summed E-state index contributed by atoms with van der Waals surface area (Å²) in [4.78, 5) is 24.2. The van der Waals surface area contributed by atoms with Gasteiger partial charge in [-0.3, -0.25) is 4.98 Å². The lowest BCUT2D eigenvalue weighted by molar-refractivity contribution is 0.0600. The molecule has 0 aliphatic carbocycles. The number of esters is 1. The van der Waals surface area contributed by atoms with Crippen LogP contribution in [0.3, 0.4) is 0 Å². The third-order valence-corrected chi connectivity index (χ3v) is 3.57. The van der Waals surface area contributed by atoms with Gasteiger partial charge in [0, 0.05) is 15.1 Å². The molecule has 6 nitrogen and oxygen atoms in total. The molecule has 0 unspecified atom stereocenters. The van der Waals surface area contributed by atoms with Crippen LogP contribution in [0.2, 0.25) is 0 Å². The summed E-state index contributed by atoms with van der Waals surface area (Å²) in [5, 5.41) is 0. The number of carbonyl (C=O) groups is 1. The van der Waals surface area contributed by atoms with Gasteiger partial charge in [0.2, 0.25) is 0 Å². The number of hydrogen-bond donors (Lipinski definition) is 1. The molecular weight excluding hydrogens is 392 g/mol. The number of nitrogen functional groups attached to an aromatic ring is 1. The summed E-state index contributed by atoms with van der Waals surface area (Å²) >= 11 is 6.71. The Hall–Kier alpha value is -1.54. The zero-order valence-corrected chi connectivity index (χ0v) is 13.8. The van der Waals surface area contributed by atoms with Crippen molar-refractivity contribution >= 4 is 43.6 Å². The second kappa shape index (κ2) is 5.84. The Labute approximate surface area is 132 Å². The van der Waals surface area contributed by atoms with Crippen LogP contribution in [0.5, 0.6) is 0 Å². The average molecular weight is 402 g/mol. The van der Waals surface area contributed by atoms with Crippen molar-refractivity contribution in [1.29, 1.82) is 0 Å². The van der Waals surface area contributed by atoms with E-state index >= 15 is 0 Å². The molecule has 0 saturated carbocycles. The van der Waals surface area contributed by atoms with E-state index in [1.807, 2.05) is 6.07 Å². The van der Waals surface area contributed by atoms with E-state index in [2.05, 4.69) is 51.5 Å². The Morgan fingerprint density at radius 2 is 2.05 bits per heavy atom. The van der Waals surface area contributed by atoms with E-state index < -0.39 is 5.97 Å². The summed E-state index contributed by atoms with van der Waals surface area (Å²) in [6.07, 6.45) is 1.63. The van der Waals surface area contributed by atoms with Gasteiger partial charge in [-0.05, 0) is 44.8 Å². The second-order valence-electron chi connectivity index (χ2n) is 3.87. The first-order valence-corrected chi connectivity index (χ1v) is 7.06. The molecule has 0 saturated heterocycles. The molecule has 0 aliphatic rings. The van der Waals surface area contributed by atoms with E-state index in [1.165, 1.54) is 7.11 Å². The monoisotopic (exact) mass is 400 g/mol. The van der Waals surface area contributed by atoms with Crippen molar-refractivity contribution in [2.75, 3.05) is 12.8 Å². The highest BCUT2D eigenvalue weighted by Crippen LogP contribution is 2.28. The maximum absolute atomic E-state index is 11.6. The van der Waals surface area contributed by atoms with Crippen LogP contribution in [0.4, 0.5) is 5.82 Å². The lowest BCUT2D eigenvalue weighted by Gasteiger charge is -2.09. The molecule has 2 aromatic heterocycles. The number of carbonyl (C=O) groups excluding carboxylic acids is 1. The standard InChI is InChI=1S/C12H10Br2N4O2/c1-5-8(12(19)20-2)10(15)18-11(17-5)9-7(14)3-6(13)4-16-9/h3-4H,1-2H3,(H2,15,17,18). The van der Waals surface area contributed by atoms with E-state index in [0.717, 1.165) is 8.95 Å². The number of aromatic nitrogens is 3. The molecule has 104 valence electrons. The van der Waals surface area contributed by atoms with Crippen LogP contribution in [-0.2, 0) is 4.74 Å². The maximum Gasteiger partial charge on any atom is 0.343 e. The average Bonchev–Trinajstić information content (AvgIpc) is 2.37. The van der Waals surface area contributed by atoms with Crippen LogP contribution in [0, 0.1) is 6.92 Å². The van der Waals surface area contributed by atoms with Crippen LogP contribution in [-0.4, -0.2) is 28.0 Å². The molecule has 0 radical (unpaired) electrons. The largest absolute Gasteiger partial charge is 0.465 e. The van der Waals surface area contributed by atoms with Gasteiger partial charge in [0.1, 0.15) is 17.1 Å². The van der Waals surface area contributed by atoms with Crippen LogP contribution in [0.25, 0.3) is 11.5 Å². The Balaban J connectivity index is 2.58. The third-order valence-electron chi connectivity index (χ3n) is 2.53. The van der Waals surface area contributed by atoms with Gasteiger partial charge < -0.3 is 10.5 Å². The highest BCUT2D eigenvalue weighted by molar-refractivity contribution is 9.11. The number of hydrogen-bond acceptors (Lipinski definition) is 6. The van der Waals surface area contributed by atoms with Crippen LogP contribution < -0.4 is 5.73 Å². The Morgan fingerprint density at radius 3 is 2.60 bits per heavy atom. The number of ether oxygens (including phenoxy) is 1. The summed E-state index contributed by atoms with van der Waals surface area (Å²) in [7, 11) is 1.28. The number of nitrogens with zero attached hydrogens (tertiary/aromatic N) is 3. The minimum absolute atomic E-state index is 0.0657. The van der Waals surface area contributed by atoms with E-state index in [9.17, 15) is 4.79 Å². The summed E-state index contributed by atoms with van der Waals surface area (Å²) in [5.74, 6) is -0.155.